The SMILES string of the molecule is N#CC1=C(NC(N)=O)N(c2ccc(S(N)(=O)=O)cc2)C2=C(C(=O)CCC2)C1c1ccc(Cl)cc1Cl. The van der Waals surface area contributed by atoms with Crippen LogP contribution in [-0.2, 0) is 14.8 Å². The lowest BCUT2D eigenvalue weighted by Gasteiger charge is -2.41. The topological polar surface area (TPSA) is 159 Å². The molecule has 9 nitrogen and oxygen atoms in total. The number of hydrogen-bond acceptors (Lipinski definition) is 6. The maximum absolute atomic E-state index is 13.2. The Kier molecular flexibility index (Phi) is 6.62. The van der Waals surface area contributed by atoms with Gasteiger partial charge in [0, 0.05) is 33.4 Å². The number of hydrogen-bond donors (Lipinski definition) is 3. The van der Waals surface area contributed by atoms with Crippen molar-refractivity contribution < 1.29 is 18.0 Å². The van der Waals surface area contributed by atoms with Crippen LogP contribution in [0.25, 0.3) is 0 Å². The number of ketones is 1. The molecule has 2 aromatic carbocycles. The van der Waals surface area contributed by atoms with E-state index in [2.05, 4.69) is 11.4 Å². The van der Waals surface area contributed by atoms with Gasteiger partial charge in [-0.1, -0.05) is 29.3 Å². The number of nitrogens with two attached hydrogens (primary N) is 2. The number of allylic oxidation sites excluding steroid dienone is 3. The Morgan fingerprint density at radius 2 is 1.83 bits per heavy atom. The van der Waals surface area contributed by atoms with Crippen molar-refractivity contribution in [3.05, 3.63) is 80.7 Å². The van der Waals surface area contributed by atoms with Crippen LogP contribution in [0.4, 0.5) is 10.5 Å². The summed E-state index contributed by atoms with van der Waals surface area (Å²) in [6.45, 7) is 0. The Labute approximate surface area is 211 Å². The predicted octanol–water partition coefficient (Wildman–Crippen LogP) is 3.66. The molecule has 0 saturated heterocycles. The van der Waals surface area contributed by atoms with Crippen molar-refractivity contribution in [1.82, 2.24) is 5.32 Å². The number of rotatable bonds is 4. The minimum atomic E-state index is -3.95. The Morgan fingerprint density at radius 3 is 2.40 bits per heavy atom. The predicted molar refractivity (Wildman–Crippen MR) is 131 cm³/mol. The lowest BCUT2D eigenvalue weighted by atomic mass is 9.75. The van der Waals surface area contributed by atoms with Gasteiger partial charge in [0.2, 0.25) is 10.0 Å². The van der Waals surface area contributed by atoms with Gasteiger partial charge in [0.05, 0.1) is 22.5 Å². The lowest BCUT2D eigenvalue weighted by Crippen LogP contribution is -2.44. The molecule has 35 heavy (non-hydrogen) atoms. The van der Waals surface area contributed by atoms with Gasteiger partial charge in [-0.2, -0.15) is 5.26 Å². The number of nitrogens with zero attached hydrogens (tertiary/aromatic N) is 2. The maximum Gasteiger partial charge on any atom is 0.317 e. The Balaban J connectivity index is 2.02. The third kappa shape index (κ3) is 4.63. The number of urea groups is 1. The molecule has 1 atom stereocenters. The second kappa shape index (κ2) is 9.36. The van der Waals surface area contributed by atoms with Crippen molar-refractivity contribution in [2.45, 2.75) is 30.1 Å². The highest BCUT2D eigenvalue weighted by Gasteiger charge is 2.42. The number of primary amides is 1. The highest BCUT2D eigenvalue weighted by molar-refractivity contribution is 7.89. The van der Waals surface area contributed by atoms with Crippen LogP contribution in [0.3, 0.4) is 0 Å². The van der Waals surface area contributed by atoms with Crippen molar-refractivity contribution in [2.75, 3.05) is 4.90 Å². The number of anilines is 1. The van der Waals surface area contributed by atoms with E-state index in [0.717, 1.165) is 0 Å². The molecule has 2 amide bonds. The highest BCUT2D eigenvalue weighted by Crippen LogP contribution is 2.48. The molecule has 1 heterocycles. The minimum Gasteiger partial charge on any atom is -0.351 e. The molecular weight excluding hydrogens is 513 g/mol. The van der Waals surface area contributed by atoms with Gasteiger partial charge in [0.15, 0.2) is 5.78 Å². The molecule has 180 valence electrons. The third-order valence-corrected chi connectivity index (χ3v) is 7.31. The fourth-order valence-electron chi connectivity index (χ4n) is 4.42. The summed E-state index contributed by atoms with van der Waals surface area (Å²) < 4.78 is 23.4. The number of carbonyl (C=O) groups excluding carboxylic acids is 2. The minimum absolute atomic E-state index is 0.0394. The first-order valence-electron chi connectivity index (χ1n) is 10.4. The Bertz CT molecular complexity index is 1460. The van der Waals surface area contributed by atoms with Crippen molar-refractivity contribution in [1.29, 1.82) is 5.26 Å². The average molecular weight is 532 g/mol. The van der Waals surface area contributed by atoms with Crippen molar-refractivity contribution in [3.8, 4) is 6.07 Å². The van der Waals surface area contributed by atoms with Crippen LogP contribution in [0.2, 0.25) is 10.0 Å². The molecule has 0 spiro atoms. The monoisotopic (exact) mass is 531 g/mol. The van der Waals surface area contributed by atoms with Crippen molar-refractivity contribution in [2.24, 2.45) is 10.9 Å². The van der Waals surface area contributed by atoms with Gasteiger partial charge in [-0.3, -0.25) is 15.0 Å². The lowest BCUT2D eigenvalue weighted by molar-refractivity contribution is -0.116. The number of carbonyl (C=O) groups is 2. The standard InChI is InChI=1S/C23H19Cl2N5O4S/c24-12-4-9-15(17(25)10-12)20-16(11-26)22(29-23(27)32)30(18-2-1-3-19(31)21(18)20)13-5-7-14(8-6-13)35(28,33)34/h4-10,20H,1-3H2,(H3,27,29,32)(H2,28,33,34). The normalized spacial score (nSPS) is 18.3. The third-order valence-electron chi connectivity index (χ3n) is 5.81. The zero-order valence-electron chi connectivity index (χ0n) is 18.1. The summed E-state index contributed by atoms with van der Waals surface area (Å²) in [7, 11) is -3.95. The van der Waals surface area contributed by atoms with Gasteiger partial charge in [0.25, 0.3) is 0 Å². The number of nitriles is 1. The molecule has 1 aliphatic carbocycles. The summed E-state index contributed by atoms with van der Waals surface area (Å²) >= 11 is 12.6. The summed E-state index contributed by atoms with van der Waals surface area (Å²) in [4.78, 5) is 26.7. The van der Waals surface area contributed by atoms with Gasteiger partial charge >= 0.3 is 6.03 Å². The molecule has 1 unspecified atom stereocenters. The van der Waals surface area contributed by atoms with Crippen LogP contribution in [0.5, 0.6) is 0 Å². The molecule has 4 rings (SSSR count). The van der Waals surface area contributed by atoms with Gasteiger partial charge in [0.1, 0.15) is 5.82 Å². The average Bonchev–Trinajstić information content (AvgIpc) is 2.78. The fourth-order valence-corrected chi connectivity index (χ4v) is 5.45. The summed E-state index contributed by atoms with van der Waals surface area (Å²) in [6.07, 6.45) is 1.26. The first-order valence-corrected chi connectivity index (χ1v) is 12.7. The molecule has 5 N–H and O–H groups in total. The first-order chi connectivity index (χ1) is 16.5. The zero-order chi connectivity index (χ0) is 25.5. The van der Waals surface area contributed by atoms with Gasteiger partial charge in [-0.15, -0.1) is 0 Å². The van der Waals surface area contributed by atoms with Gasteiger partial charge in [-0.25, -0.2) is 18.4 Å². The van der Waals surface area contributed by atoms with Crippen molar-refractivity contribution >= 4 is 50.7 Å². The molecule has 2 aromatic rings. The molecule has 0 bridgehead atoms. The zero-order valence-corrected chi connectivity index (χ0v) is 20.4. The molecule has 0 saturated carbocycles. The van der Waals surface area contributed by atoms with E-state index in [1.54, 1.807) is 17.0 Å². The summed E-state index contributed by atoms with van der Waals surface area (Å²) in [6, 6.07) is 11.5. The number of benzene rings is 2. The van der Waals surface area contributed by atoms with E-state index in [1.807, 2.05) is 0 Å². The van der Waals surface area contributed by atoms with E-state index in [0.29, 0.717) is 40.4 Å². The van der Waals surface area contributed by atoms with Crippen LogP contribution in [0, 0.1) is 11.3 Å². The molecule has 2 aliphatic rings. The molecule has 12 heteroatoms. The molecule has 0 radical (unpaired) electrons. The summed E-state index contributed by atoms with van der Waals surface area (Å²) in [5.74, 6) is -0.985. The second-order valence-electron chi connectivity index (χ2n) is 7.97. The number of halogens is 2. The Hall–Kier alpha value is -3.36. The smallest absolute Gasteiger partial charge is 0.317 e. The largest absolute Gasteiger partial charge is 0.351 e. The maximum atomic E-state index is 13.2. The van der Waals surface area contributed by atoms with Crippen LogP contribution < -0.4 is 21.1 Å². The first kappa shape index (κ1) is 24.8. The van der Waals surface area contributed by atoms with Crippen LogP contribution >= 0.6 is 23.2 Å². The van der Waals surface area contributed by atoms with E-state index in [-0.39, 0.29) is 33.5 Å². The van der Waals surface area contributed by atoms with E-state index < -0.39 is 22.0 Å². The number of sulfonamides is 1. The second-order valence-corrected chi connectivity index (χ2v) is 10.4. The summed E-state index contributed by atoms with van der Waals surface area (Å²) in [5.41, 5.74) is 7.27. The van der Waals surface area contributed by atoms with Crippen molar-refractivity contribution in [3.63, 3.8) is 0 Å². The van der Waals surface area contributed by atoms with E-state index >= 15 is 0 Å². The molecule has 1 aliphatic heterocycles. The van der Waals surface area contributed by atoms with E-state index in [9.17, 15) is 23.3 Å². The number of Topliss-reactive ketones (excluding diaryl/α,β-unsaturated/α-hetero) is 1. The summed E-state index contributed by atoms with van der Waals surface area (Å²) in [5, 5.41) is 18.6. The quantitative estimate of drug-likeness (QED) is 0.545. The van der Waals surface area contributed by atoms with Crippen LogP contribution in [0.1, 0.15) is 30.7 Å². The van der Waals surface area contributed by atoms with Crippen LogP contribution in [-0.4, -0.2) is 20.2 Å². The molecule has 0 fully saturated rings. The van der Waals surface area contributed by atoms with E-state index in [4.69, 9.17) is 34.1 Å². The molecule has 0 aromatic heterocycles. The number of amides is 2. The van der Waals surface area contributed by atoms with Gasteiger partial charge in [-0.05, 0) is 54.8 Å². The Morgan fingerprint density at radius 1 is 1.14 bits per heavy atom. The highest BCUT2D eigenvalue weighted by atomic mass is 35.5. The van der Waals surface area contributed by atoms with Gasteiger partial charge < -0.3 is 5.73 Å². The number of nitrogens with one attached hydrogen (secondary N) is 1. The van der Waals surface area contributed by atoms with Crippen LogP contribution in [0.15, 0.2) is 70.0 Å². The van der Waals surface area contributed by atoms with E-state index in [1.165, 1.54) is 30.3 Å². The molecular formula is C23H19Cl2N5O4S. The fraction of sp³-hybridized carbons (Fsp3) is 0.174. The number of primary sulfonamides is 1.